The first-order chi connectivity index (χ1) is 14.2. The van der Waals surface area contributed by atoms with E-state index in [1.807, 2.05) is 6.92 Å². The molecule has 3 N–H and O–H groups in total. The van der Waals surface area contributed by atoms with Crippen LogP contribution in [-0.2, 0) is 14.8 Å². The summed E-state index contributed by atoms with van der Waals surface area (Å²) < 4.78 is 27.3. The Hall–Kier alpha value is -2.13. The van der Waals surface area contributed by atoms with Gasteiger partial charge in [-0.2, -0.15) is 0 Å². The summed E-state index contributed by atoms with van der Waals surface area (Å²) in [6.07, 6.45) is 1.64. The molecule has 1 unspecified atom stereocenters. The lowest BCUT2D eigenvalue weighted by atomic mass is 10.2. The Labute approximate surface area is 186 Å². The van der Waals surface area contributed by atoms with Crippen LogP contribution in [0.2, 0.25) is 10.0 Å². The third-order valence-corrected chi connectivity index (χ3v) is 6.34. The Morgan fingerprint density at radius 1 is 1.03 bits per heavy atom. The van der Waals surface area contributed by atoms with Gasteiger partial charge in [0, 0.05) is 18.7 Å². The fourth-order valence-corrected chi connectivity index (χ4v) is 3.84. The molecular weight excluding hydrogens is 449 g/mol. The highest BCUT2D eigenvalue weighted by atomic mass is 35.5. The molecule has 30 heavy (non-hydrogen) atoms. The van der Waals surface area contributed by atoms with Gasteiger partial charge in [0.1, 0.15) is 6.04 Å². The molecule has 2 aromatic carbocycles. The number of hydrogen-bond acceptors (Lipinski definition) is 4. The van der Waals surface area contributed by atoms with Crippen molar-refractivity contribution < 1.29 is 18.0 Å². The van der Waals surface area contributed by atoms with E-state index in [-0.39, 0.29) is 27.0 Å². The van der Waals surface area contributed by atoms with Gasteiger partial charge in [0.25, 0.3) is 5.91 Å². The van der Waals surface area contributed by atoms with Gasteiger partial charge in [0.15, 0.2) is 0 Å². The first-order valence-corrected chi connectivity index (χ1v) is 11.6. The van der Waals surface area contributed by atoms with Crippen molar-refractivity contribution in [3.63, 3.8) is 0 Å². The van der Waals surface area contributed by atoms with Crippen molar-refractivity contribution in [1.82, 2.24) is 15.4 Å². The summed E-state index contributed by atoms with van der Waals surface area (Å²) in [5, 5.41) is 5.73. The van der Waals surface area contributed by atoms with Gasteiger partial charge >= 0.3 is 0 Å². The van der Waals surface area contributed by atoms with Crippen molar-refractivity contribution in [2.45, 2.75) is 30.7 Å². The zero-order chi connectivity index (χ0) is 22.1. The molecule has 0 bridgehead atoms. The first-order valence-electron chi connectivity index (χ1n) is 9.33. The number of unbranched alkanes of at least 4 members (excludes halogenated alkanes) is 1. The lowest BCUT2D eigenvalue weighted by molar-refractivity contribution is -0.122. The summed E-state index contributed by atoms with van der Waals surface area (Å²) in [6.45, 7) is 2.08. The van der Waals surface area contributed by atoms with Crippen molar-refractivity contribution in [2.24, 2.45) is 0 Å². The fourth-order valence-electron chi connectivity index (χ4n) is 2.48. The molecule has 162 valence electrons. The molecule has 0 radical (unpaired) electrons. The summed E-state index contributed by atoms with van der Waals surface area (Å²) in [7, 11) is -3.85. The molecule has 2 rings (SSSR count). The van der Waals surface area contributed by atoms with Crippen molar-refractivity contribution >= 4 is 45.0 Å². The monoisotopic (exact) mass is 471 g/mol. The molecular formula is C20H23Cl2N3O4S. The predicted octanol–water partition coefficient (Wildman–Crippen LogP) is 2.99. The van der Waals surface area contributed by atoms with Gasteiger partial charge in [-0.05, 0) is 36.8 Å². The Morgan fingerprint density at radius 2 is 1.73 bits per heavy atom. The largest absolute Gasteiger partial charge is 0.354 e. The van der Waals surface area contributed by atoms with Gasteiger partial charge in [0.2, 0.25) is 15.9 Å². The number of nitrogens with one attached hydrogen (secondary N) is 3. The summed E-state index contributed by atoms with van der Waals surface area (Å²) in [6, 6.07) is 10.9. The highest BCUT2D eigenvalue weighted by molar-refractivity contribution is 7.89. The topological polar surface area (TPSA) is 104 Å². The number of carbonyl (C=O) groups excluding carboxylic acids is 2. The molecule has 2 aromatic rings. The van der Waals surface area contributed by atoms with Crippen LogP contribution in [-0.4, -0.2) is 39.4 Å². The van der Waals surface area contributed by atoms with Crippen LogP contribution in [0.5, 0.6) is 0 Å². The average molecular weight is 472 g/mol. The number of amides is 2. The average Bonchev–Trinajstić information content (AvgIpc) is 2.73. The summed E-state index contributed by atoms with van der Waals surface area (Å²) in [4.78, 5) is 25.2. The molecule has 1 atom stereocenters. The van der Waals surface area contributed by atoms with Crippen LogP contribution in [0.3, 0.4) is 0 Å². The van der Waals surface area contributed by atoms with Gasteiger partial charge < -0.3 is 10.6 Å². The number of halogens is 2. The number of carbonyl (C=O) groups is 2. The Balaban J connectivity index is 2.14. The van der Waals surface area contributed by atoms with E-state index in [1.165, 1.54) is 30.3 Å². The van der Waals surface area contributed by atoms with Crippen LogP contribution in [0, 0.1) is 0 Å². The molecule has 10 heteroatoms. The number of sulfonamides is 1. The van der Waals surface area contributed by atoms with E-state index in [0.29, 0.717) is 6.54 Å². The van der Waals surface area contributed by atoms with Crippen LogP contribution in [0.1, 0.15) is 30.1 Å². The lowest BCUT2D eigenvalue weighted by Crippen LogP contribution is -2.52. The van der Waals surface area contributed by atoms with Crippen LogP contribution in [0.4, 0.5) is 0 Å². The molecule has 0 aliphatic rings. The van der Waals surface area contributed by atoms with Gasteiger partial charge in [-0.1, -0.05) is 54.7 Å². The van der Waals surface area contributed by atoms with Gasteiger partial charge in [0.05, 0.1) is 14.9 Å². The van der Waals surface area contributed by atoms with E-state index < -0.39 is 27.9 Å². The number of benzene rings is 2. The van der Waals surface area contributed by atoms with Crippen LogP contribution < -0.4 is 15.4 Å². The molecule has 0 fully saturated rings. The van der Waals surface area contributed by atoms with Crippen LogP contribution in [0.25, 0.3) is 0 Å². The van der Waals surface area contributed by atoms with E-state index in [1.54, 1.807) is 18.2 Å². The highest BCUT2D eigenvalue weighted by Crippen LogP contribution is 2.22. The van der Waals surface area contributed by atoms with Crippen molar-refractivity contribution in [3.05, 3.63) is 64.1 Å². The Bertz CT molecular complexity index is 985. The van der Waals surface area contributed by atoms with Crippen LogP contribution in [0.15, 0.2) is 53.4 Å². The molecule has 0 aliphatic carbocycles. The predicted molar refractivity (Wildman–Crippen MR) is 117 cm³/mol. The molecule has 7 nitrogen and oxygen atoms in total. The third-order valence-electron chi connectivity index (χ3n) is 4.16. The Morgan fingerprint density at radius 3 is 2.37 bits per heavy atom. The maximum Gasteiger partial charge on any atom is 0.252 e. The van der Waals surface area contributed by atoms with E-state index in [9.17, 15) is 18.0 Å². The molecule has 0 heterocycles. The fraction of sp³-hybridized carbons (Fsp3) is 0.300. The van der Waals surface area contributed by atoms with Gasteiger partial charge in [-0.3, -0.25) is 9.59 Å². The maximum absolute atomic E-state index is 12.6. The van der Waals surface area contributed by atoms with Crippen LogP contribution >= 0.6 is 23.2 Å². The minimum atomic E-state index is -3.85. The van der Waals surface area contributed by atoms with Crippen molar-refractivity contribution in [3.8, 4) is 0 Å². The van der Waals surface area contributed by atoms with Gasteiger partial charge in [-0.15, -0.1) is 0 Å². The maximum atomic E-state index is 12.6. The number of rotatable bonds is 10. The quantitative estimate of drug-likeness (QED) is 0.463. The third kappa shape index (κ3) is 6.98. The normalized spacial score (nSPS) is 12.2. The zero-order valence-electron chi connectivity index (χ0n) is 16.3. The second kappa shape index (κ2) is 11.3. The SMILES string of the molecule is CCCCNC(=O)C(CNS(=O)(=O)c1ccccc1)NC(=O)c1ccc(Cl)c(Cl)c1. The molecule has 0 saturated heterocycles. The summed E-state index contributed by atoms with van der Waals surface area (Å²) in [5.41, 5.74) is 0.196. The summed E-state index contributed by atoms with van der Waals surface area (Å²) in [5.74, 6) is -1.07. The molecule has 0 saturated carbocycles. The molecule has 0 spiro atoms. The smallest absolute Gasteiger partial charge is 0.252 e. The lowest BCUT2D eigenvalue weighted by Gasteiger charge is -2.19. The first kappa shape index (κ1) is 24.1. The molecule has 0 aromatic heterocycles. The zero-order valence-corrected chi connectivity index (χ0v) is 18.7. The van der Waals surface area contributed by atoms with E-state index in [2.05, 4.69) is 15.4 Å². The second-order valence-corrected chi connectivity index (χ2v) is 9.05. The standard InChI is InChI=1S/C20H23Cl2N3O4S/c1-2-3-11-23-20(27)18(13-24-30(28,29)15-7-5-4-6-8-15)25-19(26)14-9-10-16(21)17(22)12-14/h4-10,12,18,24H,2-3,11,13H2,1H3,(H,23,27)(H,25,26). The van der Waals surface area contributed by atoms with Crippen molar-refractivity contribution in [2.75, 3.05) is 13.1 Å². The minimum absolute atomic E-state index is 0.0611. The molecule has 0 aliphatic heterocycles. The second-order valence-electron chi connectivity index (χ2n) is 6.46. The van der Waals surface area contributed by atoms with E-state index in [4.69, 9.17) is 23.2 Å². The van der Waals surface area contributed by atoms with Crippen molar-refractivity contribution in [1.29, 1.82) is 0 Å². The van der Waals surface area contributed by atoms with E-state index >= 15 is 0 Å². The Kier molecular flexibility index (Phi) is 9.10. The number of hydrogen-bond donors (Lipinski definition) is 3. The molecule has 2 amide bonds. The minimum Gasteiger partial charge on any atom is -0.354 e. The summed E-state index contributed by atoms with van der Waals surface area (Å²) >= 11 is 11.8. The van der Waals surface area contributed by atoms with E-state index in [0.717, 1.165) is 12.8 Å². The van der Waals surface area contributed by atoms with Gasteiger partial charge in [-0.25, -0.2) is 13.1 Å². The highest BCUT2D eigenvalue weighted by Gasteiger charge is 2.24.